The maximum Gasteiger partial charge on any atom is 0.268 e. The van der Waals surface area contributed by atoms with Gasteiger partial charge in [-0.3, -0.25) is 4.79 Å². The number of pyridine rings is 1. The highest BCUT2D eigenvalue weighted by Gasteiger charge is 2.51. The number of carbonyl (C=O) groups excluding carboxylic acids is 1. The number of primary sulfonamides is 1. The minimum absolute atomic E-state index is 0.157. The Bertz CT molecular complexity index is 1210. The van der Waals surface area contributed by atoms with Crippen molar-refractivity contribution < 1.29 is 23.1 Å². The molecule has 0 bridgehead atoms. The van der Waals surface area contributed by atoms with Crippen molar-refractivity contribution in [2.24, 2.45) is 5.14 Å². The van der Waals surface area contributed by atoms with Gasteiger partial charge in [0.25, 0.3) is 15.9 Å². The molecule has 1 aliphatic rings. The molecule has 0 aliphatic carbocycles. The van der Waals surface area contributed by atoms with Crippen LogP contribution in [0.4, 0.5) is 5.69 Å². The predicted octanol–water partition coefficient (Wildman–Crippen LogP) is 1.52. The van der Waals surface area contributed by atoms with Gasteiger partial charge in [0.05, 0.1) is 19.3 Å². The van der Waals surface area contributed by atoms with Crippen molar-refractivity contribution in [3.05, 3.63) is 83.6 Å². The molecule has 1 amide bonds. The molecule has 154 valence electrons. The largest absolute Gasteiger partial charge is 0.497 e. The first-order valence-electron chi connectivity index (χ1n) is 9.01. The number of hydrogen-bond donors (Lipinski definition) is 2. The van der Waals surface area contributed by atoms with Gasteiger partial charge in [0.1, 0.15) is 5.75 Å². The summed E-state index contributed by atoms with van der Waals surface area (Å²) in [4.78, 5) is 18.7. The molecule has 0 saturated heterocycles. The molecule has 4 rings (SSSR count). The molecule has 1 unspecified atom stereocenters. The molecule has 8 nitrogen and oxygen atoms in total. The number of benzene rings is 2. The summed E-state index contributed by atoms with van der Waals surface area (Å²) in [6, 6.07) is 16.7. The van der Waals surface area contributed by atoms with Gasteiger partial charge >= 0.3 is 0 Å². The van der Waals surface area contributed by atoms with E-state index in [4.69, 9.17) is 9.88 Å². The number of aromatic nitrogens is 1. The Morgan fingerprint density at radius 1 is 1.10 bits per heavy atom. The topological polar surface area (TPSA) is 123 Å². The van der Waals surface area contributed by atoms with E-state index in [-0.39, 0.29) is 17.1 Å². The van der Waals surface area contributed by atoms with Crippen LogP contribution in [0.15, 0.2) is 71.9 Å². The zero-order valence-corrected chi connectivity index (χ0v) is 16.8. The molecule has 0 fully saturated rings. The predicted molar refractivity (Wildman–Crippen MR) is 109 cm³/mol. The average Bonchev–Trinajstić information content (AvgIpc) is 2.97. The Hall–Kier alpha value is -3.27. The van der Waals surface area contributed by atoms with Crippen molar-refractivity contribution in [1.29, 1.82) is 0 Å². The molecule has 1 aliphatic heterocycles. The number of sulfonamides is 1. The third-order valence-electron chi connectivity index (χ3n) is 5.08. The van der Waals surface area contributed by atoms with E-state index in [0.29, 0.717) is 17.0 Å². The van der Waals surface area contributed by atoms with Gasteiger partial charge in [-0.1, -0.05) is 36.4 Å². The molecule has 1 atom stereocenters. The van der Waals surface area contributed by atoms with Crippen LogP contribution in [-0.2, 0) is 27.0 Å². The van der Waals surface area contributed by atoms with Crippen molar-refractivity contribution in [2.45, 2.75) is 17.2 Å². The fourth-order valence-electron chi connectivity index (χ4n) is 3.55. The van der Waals surface area contributed by atoms with Crippen LogP contribution >= 0.6 is 0 Å². The van der Waals surface area contributed by atoms with E-state index in [1.165, 1.54) is 17.0 Å². The number of hydrogen-bond acceptors (Lipinski definition) is 6. The molecular formula is C21H19N3O5S. The highest BCUT2D eigenvalue weighted by Crippen LogP contribution is 2.44. The maximum atomic E-state index is 13.4. The second-order valence-corrected chi connectivity index (χ2v) is 8.41. The minimum Gasteiger partial charge on any atom is -0.497 e. The number of methoxy groups -OCH3 is 1. The van der Waals surface area contributed by atoms with Crippen LogP contribution in [0, 0.1) is 0 Å². The van der Waals surface area contributed by atoms with Crippen molar-refractivity contribution >= 4 is 21.6 Å². The number of aliphatic hydroxyl groups is 1. The maximum absolute atomic E-state index is 13.4. The molecule has 9 heteroatoms. The summed E-state index contributed by atoms with van der Waals surface area (Å²) in [6.45, 7) is 0.241. The van der Waals surface area contributed by atoms with Crippen molar-refractivity contribution in [1.82, 2.24) is 4.98 Å². The van der Waals surface area contributed by atoms with Crippen LogP contribution in [0.25, 0.3) is 0 Å². The third-order valence-corrected chi connectivity index (χ3v) is 5.91. The van der Waals surface area contributed by atoms with Crippen LogP contribution in [0.1, 0.15) is 16.7 Å². The summed E-state index contributed by atoms with van der Waals surface area (Å²) in [5.41, 5.74) is -0.0204. The summed E-state index contributed by atoms with van der Waals surface area (Å²) < 4.78 is 28.1. The van der Waals surface area contributed by atoms with E-state index in [1.807, 2.05) is 12.1 Å². The molecule has 0 spiro atoms. The van der Waals surface area contributed by atoms with Gasteiger partial charge in [-0.15, -0.1) is 0 Å². The summed E-state index contributed by atoms with van der Waals surface area (Å²) in [7, 11) is -2.42. The number of nitrogens with zero attached hydrogens (tertiary/aromatic N) is 2. The van der Waals surface area contributed by atoms with Crippen LogP contribution < -0.4 is 14.8 Å². The quantitative estimate of drug-likeness (QED) is 0.639. The van der Waals surface area contributed by atoms with Gasteiger partial charge in [0.15, 0.2) is 10.6 Å². The van der Waals surface area contributed by atoms with E-state index in [1.54, 1.807) is 43.5 Å². The zero-order chi connectivity index (χ0) is 21.5. The first-order chi connectivity index (χ1) is 14.2. The summed E-state index contributed by atoms with van der Waals surface area (Å²) in [6.07, 6.45) is 1.16. The molecular weight excluding hydrogens is 406 g/mol. The molecule has 30 heavy (non-hydrogen) atoms. The number of para-hydroxylation sites is 1. The van der Waals surface area contributed by atoms with Gasteiger partial charge in [-0.25, -0.2) is 18.5 Å². The lowest BCUT2D eigenvalue weighted by Gasteiger charge is -2.23. The fourth-order valence-corrected chi connectivity index (χ4v) is 4.00. The Balaban J connectivity index is 1.75. The van der Waals surface area contributed by atoms with E-state index < -0.39 is 21.5 Å². The lowest BCUT2D eigenvalue weighted by atomic mass is 9.89. The minimum atomic E-state index is -3.99. The highest BCUT2D eigenvalue weighted by atomic mass is 32.2. The Kier molecular flexibility index (Phi) is 4.81. The number of rotatable bonds is 5. The number of fused-ring (bicyclic) bond motifs is 1. The van der Waals surface area contributed by atoms with Gasteiger partial charge in [0.2, 0.25) is 0 Å². The normalized spacial score (nSPS) is 18.4. The van der Waals surface area contributed by atoms with Gasteiger partial charge in [-0.05, 0) is 29.8 Å². The highest BCUT2D eigenvalue weighted by molar-refractivity contribution is 7.89. The van der Waals surface area contributed by atoms with Crippen molar-refractivity contribution in [3.8, 4) is 5.75 Å². The summed E-state index contributed by atoms with van der Waals surface area (Å²) in [5, 5.41) is 16.2. The molecule has 0 saturated carbocycles. The second-order valence-electron chi connectivity index (χ2n) is 6.90. The van der Waals surface area contributed by atoms with Crippen molar-refractivity contribution in [2.75, 3.05) is 12.0 Å². The first-order valence-corrected chi connectivity index (χ1v) is 10.6. The Morgan fingerprint density at radius 3 is 2.40 bits per heavy atom. The summed E-state index contributed by atoms with van der Waals surface area (Å²) >= 11 is 0. The standard InChI is InChI=1S/C21H19N3O5S/c1-29-16-9-6-14(7-10-16)13-24-18-5-3-2-4-17(18)21(26,20(24)25)15-8-11-19(23-12-15)30(22,27)28/h2-12,26H,13H2,1H3,(H2,22,27,28). The van der Waals surface area contributed by atoms with E-state index >= 15 is 0 Å². The molecule has 1 aromatic heterocycles. The molecule has 3 N–H and O–H groups in total. The van der Waals surface area contributed by atoms with Gasteiger partial charge < -0.3 is 14.7 Å². The van der Waals surface area contributed by atoms with Crippen LogP contribution in [0.3, 0.4) is 0 Å². The number of anilines is 1. The fraction of sp³-hybridized carbons (Fsp3) is 0.143. The number of ether oxygens (including phenoxy) is 1. The van der Waals surface area contributed by atoms with Crippen LogP contribution in [-0.4, -0.2) is 31.5 Å². The van der Waals surface area contributed by atoms with Crippen LogP contribution in [0.5, 0.6) is 5.75 Å². The zero-order valence-electron chi connectivity index (χ0n) is 16.0. The monoisotopic (exact) mass is 425 g/mol. The van der Waals surface area contributed by atoms with E-state index in [0.717, 1.165) is 11.8 Å². The molecule has 0 radical (unpaired) electrons. The smallest absolute Gasteiger partial charge is 0.268 e. The SMILES string of the molecule is COc1ccc(CN2C(=O)C(O)(c3ccc(S(N)(=O)=O)nc3)c3ccccc32)cc1. The summed E-state index contributed by atoms with van der Waals surface area (Å²) in [5.74, 6) is 0.147. The first kappa shape index (κ1) is 20.0. The third kappa shape index (κ3) is 3.22. The molecule has 3 aromatic rings. The number of carbonyl (C=O) groups is 1. The lowest BCUT2D eigenvalue weighted by molar-refractivity contribution is -0.132. The second kappa shape index (κ2) is 7.21. The van der Waals surface area contributed by atoms with Gasteiger partial charge in [-0.2, -0.15) is 0 Å². The van der Waals surface area contributed by atoms with Crippen molar-refractivity contribution in [3.63, 3.8) is 0 Å². The van der Waals surface area contributed by atoms with E-state index in [2.05, 4.69) is 4.98 Å². The Morgan fingerprint density at radius 2 is 1.80 bits per heavy atom. The molecule has 2 aromatic carbocycles. The average molecular weight is 425 g/mol. The lowest BCUT2D eigenvalue weighted by Crippen LogP contribution is -2.41. The number of nitrogens with two attached hydrogens (primary N) is 1. The van der Waals surface area contributed by atoms with Crippen LogP contribution in [0.2, 0.25) is 0 Å². The van der Waals surface area contributed by atoms with Gasteiger partial charge in [0, 0.05) is 17.3 Å². The molecule has 2 heterocycles. The Labute approximate surface area is 173 Å². The van der Waals surface area contributed by atoms with E-state index in [9.17, 15) is 18.3 Å². The number of amides is 1.